The zero-order valence-electron chi connectivity index (χ0n) is 13.0. The molecule has 0 bridgehead atoms. The molecule has 0 spiro atoms. The standard InChI is InChI=1S/C15H28F3NO/c1-5-14(2,3)11-6-7-13(20)12(10-11)19(4)9-8-15(16,17)18/h11-13,20H,5-10H2,1-4H3. The number of hydrogen-bond acceptors (Lipinski definition) is 2. The van der Waals surface area contributed by atoms with Crippen LogP contribution in [0.2, 0.25) is 0 Å². The van der Waals surface area contributed by atoms with Gasteiger partial charge in [0, 0.05) is 12.6 Å². The van der Waals surface area contributed by atoms with Crippen molar-refractivity contribution in [3.8, 4) is 0 Å². The van der Waals surface area contributed by atoms with Crippen LogP contribution in [0, 0.1) is 11.3 Å². The van der Waals surface area contributed by atoms with Crippen LogP contribution in [-0.4, -0.2) is 41.9 Å². The maximum Gasteiger partial charge on any atom is 0.390 e. The summed E-state index contributed by atoms with van der Waals surface area (Å²) in [5.74, 6) is 0.467. The van der Waals surface area contributed by atoms with E-state index in [4.69, 9.17) is 0 Å². The fraction of sp³-hybridized carbons (Fsp3) is 1.00. The number of likely N-dealkylation sites (N-methyl/N-ethyl adjacent to an activating group) is 1. The van der Waals surface area contributed by atoms with Crippen LogP contribution < -0.4 is 0 Å². The van der Waals surface area contributed by atoms with E-state index in [9.17, 15) is 18.3 Å². The van der Waals surface area contributed by atoms with Crippen LogP contribution in [0.25, 0.3) is 0 Å². The van der Waals surface area contributed by atoms with E-state index in [2.05, 4.69) is 20.8 Å². The lowest BCUT2D eigenvalue weighted by Crippen LogP contribution is -2.48. The molecule has 1 aliphatic rings. The lowest BCUT2D eigenvalue weighted by atomic mass is 9.67. The van der Waals surface area contributed by atoms with Gasteiger partial charge in [-0.1, -0.05) is 27.2 Å². The molecule has 0 radical (unpaired) electrons. The smallest absolute Gasteiger partial charge is 0.390 e. The molecule has 20 heavy (non-hydrogen) atoms. The number of nitrogens with zero attached hydrogens (tertiary/aromatic N) is 1. The van der Waals surface area contributed by atoms with E-state index >= 15 is 0 Å². The predicted octanol–water partition coefficient (Wildman–Crippen LogP) is 3.84. The van der Waals surface area contributed by atoms with Crippen LogP contribution >= 0.6 is 0 Å². The maximum absolute atomic E-state index is 12.3. The lowest BCUT2D eigenvalue weighted by molar-refractivity contribution is -0.140. The number of aliphatic hydroxyl groups excluding tert-OH is 1. The van der Waals surface area contributed by atoms with Crippen molar-refractivity contribution < 1.29 is 18.3 Å². The third-order valence-electron chi connectivity index (χ3n) is 5.11. The molecule has 3 unspecified atom stereocenters. The number of aliphatic hydroxyl groups is 1. The molecule has 0 aromatic heterocycles. The Bertz CT molecular complexity index is 304. The molecular formula is C15H28F3NO. The third kappa shape index (κ3) is 4.92. The van der Waals surface area contributed by atoms with Gasteiger partial charge in [-0.15, -0.1) is 0 Å². The van der Waals surface area contributed by atoms with Crippen molar-refractivity contribution in [2.75, 3.05) is 13.6 Å². The summed E-state index contributed by atoms with van der Waals surface area (Å²) < 4.78 is 36.9. The number of halogens is 3. The lowest BCUT2D eigenvalue weighted by Gasteiger charge is -2.44. The Hall–Kier alpha value is -0.290. The monoisotopic (exact) mass is 295 g/mol. The van der Waals surface area contributed by atoms with Crippen molar-refractivity contribution in [1.82, 2.24) is 4.90 Å². The molecule has 120 valence electrons. The van der Waals surface area contributed by atoms with Crippen molar-refractivity contribution in [3.63, 3.8) is 0 Å². The van der Waals surface area contributed by atoms with Gasteiger partial charge in [0.15, 0.2) is 0 Å². The van der Waals surface area contributed by atoms with Gasteiger partial charge in [-0.3, -0.25) is 0 Å². The Labute approximate surface area is 120 Å². The number of rotatable bonds is 5. The highest BCUT2D eigenvalue weighted by Gasteiger charge is 2.38. The maximum atomic E-state index is 12.3. The van der Waals surface area contributed by atoms with Gasteiger partial charge in [0.25, 0.3) is 0 Å². The predicted molar refractivity (Wildman–Crippen MR) is 74.5 cm³/mol. The van der Waals surface area contributed by atoms with Crippen molar-refractivity contribution in [2.45, 2.75) is 71.2 Å². The summed E-state index contributed by atoms with van der Waals surface area (Å²) in [6, 6.07) is -0.151. The first-order valence-electron chi connectivity index (χ1n) is 7.52. The molecule has 3 atom stereocenters. The van der Waals surface area contributed by atoms with E-state index in [1.54, 1.807) is 11.9 Å². The largest absolute Gasteiger partial charge is 0.391 e. The molecule has 1 aliphatic carbocycles. The van der Waals surface area contributed by atoms with Gasteiger partial charge in [-0.2, -0.15) is 13.2 Å². The van der Waals surface area contributed by atoms with Gasteiger partial charge in [0.2, 0.25) is 0 Å². The summed E-state index contributed by atoms with van der Waals surface area (Å²) in [7, 11) is 1.70. The van der Waals surface area contributed by atoms with Crippen LogP contribution in [0.15, 0.2) is 0 Å². The van der Waals surface area contributed by atoms with Gasteiger partial charge >= 0.3 is 6.18 Å². The quantitative estimate of drug-likeness (QED) is 0.833. The molecule has 1 saturated carbocycles. The highest BCUT2D eigenvalue weighted by atomic mass is 19.4. The summed E-state index contributed by atoms with van der Waals surface area (Å²) in [4.78, 5) is 1.69. The summed E-state index contributed by atoms with van der Waals surface area (Å²) in [5, 5.41) is 10.1. The Morgan fingerprint density at radius 1 is 1.20 bits per heavy atom. The second-order valence-electron chi connectivity index (χ2n) is 6.83. The fourth-order valence-electron chi connectivity index (χ4n) is 3.07. The third-order valence-corrected chi connectivity index (χ3v) is 5.11. The molecule has 0 aromatic carbocycles. The average Bonchev–Trinajstić information content (AvgIpc) is 2.35. The van der Waals surface area contributed by atoms with Gasteiger partial charge in [-0.05, 0) is 37.6 Å². The second kappa shape index (κ2) is 6.65. The van der Waals surface area contributed by atoms with E-state index < -0.39 is 18.7 Å². The van der Waals surface area contributed by atoms with Gasteiger partial charge in [0.05, 0.1) is 12.5 Å². The summed E-state index contributed by atoms with van der Waals surface area (Å²) >= 11 is 0. The van der Waals surface area contributed by atoms with E-state index in [1.807, 2.05) is 0 Å². The minimum absolute atomic E-state index is 0.0372. The Morgan fingerprint density at radius 3 is 2.30 bits per heavy atom. The minimum atomic E-state index is -4.13. The molecule has 0 amide bonds. The molecule has 1 N–H and O–H groups in total. The first-order valence-corrected chi connectivity index (χ1v) is 7.52. The van der Waals surface area contributed by atoms with E-state index in [1.165, 1.54) is 0 Å². The van der Waals surface area contributed by atoms with Crippen molar-refractivity contribution in [3.05, 3.63) is 0 Å². The van der Waals surface area contributed by atoms with E-state index in [0.29, 0.717) is 12.3 Å². The average molecular weight is 295 g/mol. The summed E-state index contributed by atoms with van der Waals surface area (Å²) in [6.45, 7) is 6.53. The van der Waals surface area contributed by atoms with Crippen molar-refractivity contribution in [1.29, 1.82) is 0 Å². The van der Waals surface area contributed by atoms with E-state index in [0.717, 1.165) is 19.3 Å². The molecule has 0 heterocycles. The van der Waals surface area contributed by atoms with Crippen LogP contribution in [0.4, 0.5) is 13.2 Å². The fourth-order valence-corrected chi connectivity index (χ4v) is 3.07. The number of alkyl halides is 3. The summed E-state index contributed by atoms with van der Waals surface area (Å²) in [6.07, 6.45) is -1.95. The topological polar surface area (TPSA) is 23.5 Å². The van der Waals surface area contributed by atoms with Crippen molar-refractivity contribution in [2.24, 2.45) is 11.3 Å². The first-order chi connectivity index (χ1) is 9.07. The normalized spacial score (nSPS) is 28.9. The van der Waals surface area contributed by atoms with Crippen molar-refractivity contribution >= 4 is 0 Å². The van der Waals surface area contributed by atoms with Crippen LogP contribution in [0.3, 0.4) is 0 Å². The second-order valence-corrected chi connectivity index (χ2v) is 6.83. The van der Waals surface area contributed by atoms with E-state index in [-0.39, 0.29) is 18.0 Å². The van der Waals surface area contributed by atoms with Gasteiger partial charge in [0.1, 0.15) is 0 Å². The SMILES string of the molecule is CCC(C)(C)C1CCC(O)C(N(C)CCC(F)(F)F)C1. The molecule has 0 aromatic rings. The zero-order valence-corrected chi connectivity index (χ0v) is 13.0. The highest BCUT2D eigenvalue weighted by Crippen LogP contribution is 2.41. The zero-order chi connectivity index (χ0) is 15.6. The number of hydrogen-bond donors (Lipinski definition) is 1. The van der Waals surface area contributed by atoms with Crippen LogP contribution in [0.5, 0.6) is 0 Å². The molecule has 5 heteroatoms. The highest BCUT2D eigenvalue weighted by molar-refractivity contribution is 4.91. The molecular weight excluding hydrogens is 267 g/mol. The van der Waals surface area contributed by atoms with Gasteiger partial charge in [-0.25, -0.2) is 0 Å². The first kappa shape index (κ1) is 17.8. The molecule has 0 saturated heterocycles. The molecule has 2 nitrogen and oxygen atoms in total. The Balaban J connectivity index is 2.62. The Kier molecular flexibility index (Phi) is 5.90. The minimum Gasteiger partial charge on any atom is -0.391 e. The molecule has 1 fully saturated rings. The summed E-state index contributed by atoms with van der Waals surface area (Å²) in [5.41, 5.74) is 0.184. The van der Waals surface area contributed by atoms with Crippen LogP contribution in [0.1, 0.15) is 52.9 Å². The van der Waals surface area contributed by atoms with Crippen LogP contribution in [-0.2, 0) is 0 Å². The molecule has 1 rings (SSSR count). The Morgan fingerprint density at radius 2 is 1.80 bits per heavy atom. The molecule has 0 aliphatic heterocycles. The van der Waals surface area contributed by atoms with Gasteiger partial charge < -0.3 is 10.0 Å².